The highest BCUT2D eigenvalue weighted by atomic mass is 32.2. The zero-order valence-corrected chi connectivity index (χ0v) is 15.3. The molecule has 0 aliphatic carbocycles. The summed E-state index contributed by atoms with van der Waals surface area (Å²) in [5, 5.41) is 7.24. The minimum absolute atomic E-state index is 0.113. The van der Waals surface area contributed by atoms with E-state index in [4.69, 9.17) is 0 Å². The fourth-order valence-electron chi connectivity index (χ4n) is 4.57. The Morgan fingerprint density at radius 2 is 1.67 bits per heavy atom. The number of hydrogen-bond acceptors (Lipinski definition) is 4. The second-order valence-corrected chi connectivity index (χ2v) is 8.10. The van der Waals surface area contributed by atoms with Gasteiger partial charge in [-0.2, -0.15) is 0 Å². The van der Waals surface area contributed by atoms with Crippen LogP contribution < -0.4 is 10.6 Å². The number of hydrogen-bond donors (Lipinski definition) is 2. The van der Waals surface area contributed by atoms with Gasteiger partial charge in [0.05, 0.1) is 11.4 Å². The van der Waals surface area contributed by atoms with Crippen LogP contribution in [0.5, 0.6) is 0 Å². The molecular formula is C22H17N3OS. The van der Waals surface area contributed by atoms with Crippen molar-refractivity contribution < 1.29 is 4.79 Å². The molecule has 27 heavy (non-hydrogen) atoms. The number of fused-ring (bicyclic) bond motifs is 5. The Morgan fingerprint density at radius 3 is 2.63 bits per heavy atom. The van der Waals surface area contributed by atoms with Crippen LogP contribution in [-0.2, 0) is 5.66 Å². The normalized spacial score (nSPS) is 21.9. The van der Waals surface area contributed by atoms with Crippen molar-refractivity contribution >= 4 is 29.0 Å². The Morgan fingerprint density at radius 1 is 0.889 bits per heavy atom. The molecule has 1 saturated heterocycles. The fraction of sp³-hybridized carbons (Fsp3) is 0.136. The van der Waals surface area contributed by atoms with Crippen LogP contribution in [0.4, 0.5) is 11.4 Å². The smallest absolute Gasteiger partial charge is 0.256 e. The van der Waals surface area contributed by atoms with Gasteiger partial charge in [0.1, 0.15) is 5.66 Å². The van der Waals surface area contributed by atoms with Crippen molar-refractivity contribution in [3.8, 4) is 0 Å². The highest BCUT2D eigenvalue weighted by Crippen LogP contribution is 2.52. The van der Waals surface area contributed by atoms with E-state index in [2.05, 4.69) is 53.1 Å². The summed E-state index contributed by atoms with van der Waals surface area (Å²) in [5.74, 6) is 0.113. The number of nitrogens with zero attached hydrogens (tertiary/aromatic N) is 1. The van der Waals surface area contributed by atoms with Crippen LogP contribution in [0.1, 0.15) is 21.5 Å². The predicted molar refractivity (Wildman–Crippen MR) is 107 cm³/mol. The van der Waals surface area contributed by atoms with Crippen molar-refractivity contribution in [2.24, 2.45) is 0 Å². The molecule has 3 aromatic rings. The molecule has 1 amide bonds. The average molecular weight is 371 g/mol. The largest absolute Gasteiger partial charge is 0.354 e. The Hall–Kier alpha value is -2.76. The minimum atomic E-state index is -0.583. The maximum absolute atomic E-state index is 13.1. The molecule has 4 nitrogen and oxygen atoms in total. The lowest BCUT2D eigenvalue weighted by atomic mass is 9.91. The zero-order chi connectivity index (χ0) is 18.0. The van der Waals surface area contributed by atoms with Crippen LogP contribution in [-0.4, -0.2) is 23.9 Å². The van der Waals surface area contributed by atoms with Crippen molar-refractivity contribution in [3.63, 3.8) is 0 Å². The summed E-state index contributed by atoms with van der Waals surface area (Å²) >= 11 is 1.78. The van der Waals surface area contributed by atoms with E-state index in [1.54, 1.807) is 11.8 Å². The van der Waals surface area contributed by atoms with E-state index in [0.29, 0.717) is 6.54 Å². The molecule has 3 aromatic carbocycles. The van der Waals surface area contributed by atoms with Gasteiger partial charge in [0.2, 0.25) is 0 Å². The highest BCUT2D eigenvalue weighted by molar-refractivity contribution is 7.99. The number of carbonyl (C=O) groups is 1. The summed E-state index contributed by atoms with van der Waals surface area (Å²) in [6.07, 6.45) is 0. The van der Waals surface area contributed by atoms with E-state index in [1.165, 1.54) is 9.79 Å². The van der Waals surface area contributed by atoms with Gasteiger partial charge in [0.15, 0.2) is 0 Å². The van der Waals surface area contributed by atoms with Gasteiger partial charge in [0, 0.05) is 39.6 Å². The summed E-state index contributed by atoms with van der Waals surface area (Å²) in [6.45, 7) is 1.50. The topological polar surface area (TPSA) is 44.4 Å². The standard InChI is InChI=1S/C22H17N3OS/c26-21-14-6-1-2-7-15(14)22(23-12-13-25(21)22)16-8-5-10-18-20(16)27-19-11-4-3-9-17(19)24-18/h1-11,23-24H,12-13H2. The van der Waals surface area contributed by atoms with Crippen molar-refractivity contribution in [1.82, 2.24) is 10.2 Å². The number of nitrogens with one attached hydrogen (secondary N) is 2. The Kier molecular flexibility index (Phi) is 3.05. The number of amides is 1. The number of para-hydroxylation sites is 1. The van der Waals surface area contributed by atoms with Crippen LogP contribution in [0.15, 0.2) is 76.5 Å². The maximum Gasteiger partial charge on any atom is 0.256 e. The molecule has 2 N–H and O–H groups in total. The molecule has 1 unspecified atom stereocenters. The summed E-state index contributed by atoms with van der Waals surface area (Å²) in [4.78, 5) is 17.5. The third kappa shape index (κ3) is 1.90. The summed E-state index contributed by atoms with van der Waals surface area (Å²) in [5.41, 5.74) is 4.64. The third-order valence-electron chi connectivity index (χ3n) is 5.69. The molecule has 5 heteroatoms. The fourth-order valence-corrected chi connectivity index (χ4v) is 5.72. The van der Waals surface area contributed by atoms with Gasteiger partial charge in [0.25, 0.3) is 5.91 Å². The average Bonchev–Trinajstić information content (AvgIpc) is 3.25. The molecule has 1 fully saturated rings. The monoisotopic (exact) mass is 371 g/mol. The van der Waals surface area contributed by atoms with E-state index < -0.39 is 5.66 Å². The third-order valence-corrected chi connectivity index (χ3v) is 6.91. The molecule has 0 spiro atoms. The van der Waals surface area contributed by atoms with Crippen molar-refractivity contribution in [2.75, 3.05) is 18.4 Å². The van der Waals surface area contributed by atoms with Gasteiger partial charge < -0.3 is 10.2 Å². The van der Waals surface area contributed by atoms with Crippen LogP contribution in [0.2, 0.25) is 0 Å². The van der Waals surface area contributed by atoms with Gasteiger partial charge in [-0.3, -0.25) is 10.1 Å². The first-order valence-electron chi connectivity index (χ1n) is 9.13. The predicted octanol–water partition coefficient (Wildman–Crippen LogP) is 4.15. The van der Waals surface area contributed by atoms with E-state index in [1.807, 2.05) is 29.2 Å². The lowest BCUT2D eigenvalue weighted by molar-refractivity contribution is 0.0691. The molecule has 1 atom stereocenters. The lowest BCUT2D eigenvalue weighted by Gasteiger charge is -2.36. The first-order valence-corrected chi connectivity index (χ1v) is 9.94. The minimum Gasteiger partial charge on any atom is -0.354 e. The molecule has 3 aliphatic rings. The summed E-state index contributed by atoms with van der Waals surface area (Å²) < 4.78 is 0. The Labute approximate surface area is 161 Å². The lowest BCUT2D eigenvalue weighted by Crippen LogP contribution is -2.47. The molecule has 6 rings (SSSR count). The van der Waals surface area contributed by atoms with Gasteiger partial charge >= 0.3 is 0 Å². The first-order chi connectivity index (χ1) is 13.3. The Balaban J connectivity index is 1.60. The van der Waals surface area contributed by atoms with Gasteiger partial charge in [-0.25, -0.2) is 0 Å². The van der Waals surface area contributed by atoms with Crippen LogP contribution in [0, 0.1) is 0 Å². The zero-order valence-electron chi connectivity index (χ0n) is 14.5. The second kappa shape index (κ2) is 5.38. The van der Waals surface area contributed by atoms with Gasteiger partial charge in [-0.05, 0) is 24.3 Å². The molecule has 0 radical (unpaired) electrons. The van der Waals surface area contributed by atoms with Crippen molar-refractivity contribution in [3.05, 3.63) is 83.4 Å². The molecular weight excluding hydrogens is 354 g/mol. The quantitative estimate of drug-likeness (QED) is 0.527. The van der Waals surface area contributed by atoms with Gasteiger partial charge in [-0.15, -0.1) is 0 Å². The molecule has 0 saturated carbocycles. The summed E-state index contributed by atoms with van der Waals surface area (Å²) in [6, 6.07) is 22.7. The number of rotatable bonds is 1. The molecule has 0 aromatic heterocycles. The van der Waals surface area contributed by atoms with E-state index in [0.717, 1.165) is 34.6 Å². The molecule has 132 valence electrons. The first kappa shape index (κ1) is 15.3. The number of carbonyl (C=O) groups excluding carboxylic acids is 1. The van der Waals surface area contributed by atoms with Gasteiger partial charge in [-0.1, -0.05) is 54.2 Å². The van der Waals surface area contributed by atoms with Crippen LogP contribution >= 0.6 is 11.8 Å². The van der Waals surface area contributed by atoms with E-state index in [-0.39, 0.29) is 5.91 Å². The van der Waals surface area contributed by atoms with Crippen LogP contribution in [0.25, 0.3) is 0 Å². The Bertz CT molecular complexity index is 1110. The summed E-state index contributed by atoms with van der Waals surface area (Å²) in [7, 11) is 0. The van der Waals surface area contributed by atoms with Crippen molar-refractivity contribution in [1.29, 1.82) is 0 Å². The van der Waals surface area contributed by atoms with Crippen LogP contribution in [0.3, 0.4) is 0 Å². The molecule has 0 bridgehead atoms. The van der Waals surface area contributed by atoms with E-state index >= 15 is 0 Å². The van der Waals surface area contributed by atoms with Crippen molar-refractivity contribution in [2.45, 2.75) is 15.5 Å². The maximum atomic E-state index is 13.1. The SMILES string of the molecule is O=C1c2ccccc2C2(c3cccc4c3Sc3ccccc3N4)NCCN12. The second-order valence-electron chi connectivity index (χ2n) is 7.05. The molecule has 3 aliphatic heterocycles. The molecule has 3 heterocycles. The number of anilines is 2. The van der Waals surface area contributed by atoms with E-state index in [9.17, 15) is 4.79 Å². The number of benzene rings is 3. The highest BCUT2D eigenvalue weighted by Gasteiger charge is 2.54.